The van der Waals surface area contributed by atoms with Crippen LogP contribution in [0, 0.1) is 0 Å². The van der Waals surface area contributed by atoms with Crippen molar-refractivity contribution in [2.24, 2.45) is 0 Å². The van der Waals surface area contributed by atoms with Crippen molar-refractivity contribution in [3.05, 3.63) is 123 Å². The molecule has 42 heavy (non-hydrogen) atoms. The molecule has 3 aromatic rings. The standard InChI is InChI=1S/C33H34BClN4O3/c34-33(41)36-17-9-1-2-10-18-42-30-16-15-24(19-26(30)35)21-28-32(40)39-22-29(25-13-7-4-8-14-25)37-27(31(39)38-28)20-23-11-5-3-6-12-23/h3-8,11-16,19,22,37H,1-2,9-10,17-18,20-21,34H2,(H,36,41). The zero-order valence-corrected chi connectivity index (χ0v) is 24.5. The average molecular weight is 581 g/mol. The number of hydrogen-bond acceptors (Lipinski definition) is 4. The number of ether oxygens (including phenoxy) is 1. The molecule has 0 atom stereocenters. The Hall–Kier alpha value is -4.30. The van der Waals surface area contributed by atoms with Gasteiger partial charge < -0.3 is 15.0 Å². The third-order valence-electron chi connectivity index (χ3n) is 7.13. The SMILES string of the molecule is BC(=O)NCCCCCCOc1ccc(Cc2nc3c(Cc4ccccc4)[nH]c(-c4ccccc4)cn-3c2=O)cc1Cl. The van der Waals surface area contributed by atoms with Crippen LogP contribution in [0.5, 0.6) is 5.75 Å². The van der Waals surface area contributed by atoms with Crippen molar-refractivity contribution in [3.8, 4) is 22.8 Å². The summed E-state index contributed by atoms with van der Waals surface area (Å²) in [6, 6.07) is 25.8. The van der Waals surface area contributed by atoms with Crippen LogP contribution in [0.2, 0.25) is 5.02 Å². The first kappa shape index (κ1) is 29.2. The lowest BCUT2D eigenvalue weighted by molar-refractivity contribution is 0.259. The molecular weight excluding hydrogens is 547 g/mol. The number of unbranched alkanes of at least 4 members (excludes halogenated alkanes) is 3. The molecule has 2 aliphatic heterocycles. The maximum absolute atomic E-state index is 13.6. The van der Waals surface area contributed by atoms with Crippen molar-refractivity contribution < 1.29 is 9.53 Å². The third-order valence-corrected chi connectivity index (χ3v) is 7.42. The molecule has 0 bridgehead atoms. The number of carbonyl (C=O) groups is 1. The molecule has 9 heteroatoms. The smallest absolute Gasteiger partial charge is 0.278 e. The van der Waals surface area contributed by atoms with Crippen LogP contribution in [-0.2, 0) is 12.8 Å². The quantitative estimate of drug-likeness (QED) is 0.136. The van der Waals surface area contributed by atoms with Crippen LogP contribution in [0.4, 0.5) is 4.79 Å². The Kier molecular flexibility index (Phi) is 9.77. The van der Waals surface area contributed by atoms with Gasteiger partial charge in [0, 0.05) is 25.6 Å². The molecule has 2 aliphatic rings. The van der Waals surface area contributed by atoms with Crippen LogP contribution in [0.25, 0.3) is 17.1 Å². The number of imidazole rings is 1. The maximum atomic E-state index is 13.6. The number of benzene rings is 3. The number of nitrogens with zero attached hydrogens (tertiary/aromatic N) is 2. The molecule has 1 amide bonds. The van der Waals surface area contributed by atoms with Crippen molar-refractivity contribution in [2.45, 2.75) is 38.5 Å². The number of nitrogens with one attached hydrogen (secondary N) is 2. The van der Waals surface area contributed by atoms with Crippen LogP contribution in [0.15, 0.2) is 89.9 Å². The highest BCUT2D eigenvalue weighted by molar-refractivity contribution is 6.57. The topological polar surface area (TPSA) is 89.0 Å². The number of amides is 1. The summed E-state index contributed by atoms with van der Waals surface area (Å²) in [6.07, 6.45) is 6.73. The third kappa shape index (κ3) is 7.50. The van der Waals surface area contributed by atoms with Crippen LogP contribution >= 0.6 is 11.6 Å². The lowest BCUT2D eigenvalue weighted by atomic mass is 10.1. The van der Waals surface area contributed by atoms with Crippen LogP contribution in [0.3, 0.4) is 0 Å². The number of H-pyrrole nitrogens is 1. The van der Waals surface area contributed by atoms with E-state index in [-0.39, 0.29) is 11.4 Å². The van der Waals surface area contributed by atoms with Crippen molar-refractivity contribution >= 4 is 25.3 Å². The van der Waals surface area contributed by atoms with Crippen molar-refractivity contribution in [1.82, 2.24) is 19.9 Å². The highest BCUT2D eigenvalue weighted by Crippen LogP contribution is 2.28. The first-order valence-electron chi connectivity index (χ1n) is 14.4. The minimum atomic E-state index is -0.138. The van der Waals surface area contributed by atoms with E-state index in [1.165, 1.54) is 7.85 Å². The molecule has 0 aromatic heterocycles. The monoisotopic (exact) mass is 580 g/mol. The number of halogens is 1. The first-order valence-corrected chi connectivity index (χ1v) is 14.7. The van der Waals surface area contributed by atoms with Gasteiger partial charge in [0.15, 0.2) is 11.6 Å². The molecular formula is C33H34BClN4O3. The summed E-state index contributed by atoms with van der Waals surface area (Å²) in [5, 5.41) is 3.32. The number of carbonyl (C=O) groups excluding carboxylic acids is 1. The Labute approximate surface area is 251 Å². The fraction of sp³-hybridized carbons (Fsp3) is 0.242. The Morgan fingerprint density at radius 1 is 0.929 bits per heavy atom. The van der Waals surface area contributed by atoms with E-state index in [4.69, 9.17) is 21.3 Å². The molecule has 0 unspecified atom stereocenters. The van der Waals surface area contributed by atoms with Crippen molar-refractivity contribution in [1.29, 1.82) is 0 Å². The van der Waals surface area contributed by atoms with Gasteiger partial charge in [-0.3, -0.25) is 14.2 Å². The average Bonchev–Trinajstić information content (AvgIpc) is 3.31. The second kappa shape index (κ2) is 14.1. The zero-order chi connectivity index (χ0) is 29.3. The second-order valence-electron chi connectivity index (χ2n) is 10.4. The van der Waals surface area contributed by atoms with Gasteiger partial charge >= 0.3 is 0 Å². The van der Waals surface area contributed by atoms with E-state index in [2.05, 4.69) is 22.4 Å². The number of aromatic nitrogens is 3. The molecule has 5 rings (SSSR count). The Bertz CT molecular complexity index is 1650. The van der Waals surface area contributed by atoms with Crippen LogP contribution in [0.1, 0.15) is 48.2 Å². The molecule has 0 saturated carbocycles. The minimum Gasteiger partial charge on any atom is -0.492 e. The van der Waals surface area contributed by atoms with E-state index in [1.54, 1.807) is 4.57 Å². The summed E-state index contributed by atoms with van der Waals surface area (Å²) in [7, 11) is 1.53. The van der Waals surface area contributed by atoms with Gasteiger partial charge in [-0.05, 0) is 41.7 Å². The van der Waals surface area contributed by atoms with E-state index in [0.29, 0.717) is 48.3 Å². The lowest BCUT2D eigenvalue weighted by Crippen LogP contribution is -2.22. The van der Waals surface area contributed by atoms with E-state index in [0.717, 1.165) is 53.8 Å². The Morgan fingerprint density at radius 3 is 2.40 bits per heavy atom. The largest absolute Gasteiger partial charge is 0.492 e. The van der Waals surface area contributed by atoms with Gasteiger partial charge in [0.05, 0.1) is 23.0 Å². The predicted molar refractivity (Wildman–Crippen MR) is 170 cm³/mol. The van der Waals surface area contributed by atoms with Crippen molar-refractivity contribution in [2.75, 3.05) is 13.2 Å². The van der Waals surface area contributed by atoms with Crippen LogP contribution < -0.4 is 15.6 Å². The summed E-state index contributed by atoms with van der Waals surface area (Å²) >= 11 is 6.56. The molecule has 214 valence electrons. The van der Waals surface area contributed by atoms with Gasteiger partial charge in [-0.1, -0.05) is 91.2 Å². The Balaban J connectivity index is 1.30. The summed E-state index contributed by atoms with van der Waals surface area (Å²) < 4.78 is 7.55. The molecule has 7 nitrogen and oxygen atoms in total. The molecule has 3 aromatic carbocycles. The maximum Gasteiger partial charge on any atom is 0.278 e. The Morgan fingerprint density at radius 2 is 1.67 bits per heavy atom. The highest BCUT2D eigenvalue weighted by atomic mass is 35.5. The number of hydrogen-bond donors (Lipinski definition) is 2. The number of fused-ring (bicyclic) bond motifs is 1. The number of aromatic amines is 1. The van der Waals surface area contributed by atoms with Gasteiger partial charge in [-0.15, -0.1) is 0 Å². The molecule has 0 spiro atoms. The molecule has 0 fully saturated rings. The van der Waals surface area contributed by atoms with Gasteiger partial charge in [0.2, 0.25) is 7.85 Å². The normalized spacial score (nSPS) is 11.1. The van der Waals surface area contributed by atoms with E-state index < -0.39 is 0 Å². The van der Waals surface area contributed by atoms with Gasteiger partial charge in [-0.2, -0.15) is 0 Å². The van der Waals surface area contributed by atoms with E-state index in [9.17, 15) is 9.59 Å². The van der Waals surface area contributed by atoms with E-state index in [1.807, 2.05) is 72.9 Å². The fourth-order valence-electron chi connectivity index (χ4n) is 4.97. The van der Waals surface area contributed by atoms with Crippen molar-refractivity contribution in [3.63, 3.8) is 0 Å². The summed E-state index contributed by atoms with van der Waals surface area (Å²) in [5.74, 6) is 1.26. The second-order valence-corrected chi connectivity index (χ2v) is 10.8. The van der Waals surface area contributed by atoms with Crippen LogP contribution in [-0.4, -0.2) is 41.3 Å². The zero-order valence-electron chi connectivity index (χ0n) is 23.7. The lowest BCUT2D eigenvalue weighted by Gasteiger charge is -2.13. The summed E-state index contributed by atoms with van der Waals surface area (Å²) in [4.78, 5) is 32.9. The fourth-order valence-corrected chi connectivity index (χ4v) is 5.23. The van der Waals surface area contributed by atoms with Gasteiger partial charge in [0.25, 0.3) is 5.56 Å². The van der Waals surface area contributed by atoms with Gasteiger partial charge in [-0.25, -0.2) is 4.98 Å². The molecule has 0 radical (unpaired) electrons. The molecule has 0 aliphatic carbocycles. The molecule has 0 saturated heterocycles. The van der Waals surface area contributed by atoms with Gasteiger partial charge in [0.1, 0.15) is 11.4 Å². The highest BCUT2D eigenvalue weighted by Gasteiger charge is 2.21. The first-order chi connectivity index (χ1) is 20.5. The number of rotatable bonds is 13. The molecule has 2 heterocycles. The summed E-state index contributed by atoms with van der Waals surface area (Å²) in [5.41, 5.74) is 5.08. The van der Waals surface area contributed by atoms with E-state index >= 15 is 0 Å². The minimum absolute atomic E-state index is 0.00703. The molecule has 2 N–H and O–H groups in total. The summed E-state index contributed by atoms with van der Waals surface area (Å²) in [6.45, 7) is 1.28. The predicted octanol–water partition coefficient (Wildman–Crippen LogP) is 5.78.